The lowest BCUT2D eigenvalue weighted by molar-refractivity contribution is -0.177. The summed E-state index contributed by atoms with van der Waals surface area (Å²) < 4.78 is 16.1. The van der Waals surface area contributed by atoms with Crippen LogP contribution in [0, 0.1) is 23.7 Å². The van der Waals surface area contributed by atoms with Crippen molar-refractivity contribution < 1.29 is 62.8 Å². The summed E-state index contributed by atoms with van der Waals surface area (Å²) >= 11 is 0. The summed E-state index contributed by atoms with van der Waals surface area (Å²) in [6, 6.07) is 32.3. The summed E-state index contributed by atoms with van der Waals surface area (Å²) in [5.41, 5.74) is 8.55. The van der Waals surface area contributed by atoms with E-state index in [0.29, 0.717) is 31.0 Å². The summed E-state index contributed by atoms with van der Waals surface area (Å²) in [6.45, 7) is 11.1. The average molecular weight is 946 g/mol. The predicted octanol–water partition coefficient (Wildman–Crippen LogP) is 8.96. The highest BCUT2D eigenvalue weighted by atomic mass is 16.8. The lowest BCUT2D eigenvalue weighted by Gasteiger charge is -2.35. The Morgan fingerprint density at radius 3 is 1.30 bits per heavy atom. The van der Waals surface area contributed by atoms with Gasteiger partial charge in [-0.3, -0.25) is 24.0 Å². The molecule has 364 valence electrons. The highest BCUT2D eigenvalue weighted by molar-refractivity contribution is 6.01. The predicted molar refractivity (Wildman–Crippen MR) is 252 cm³/mol. The van der Waals surface area contributed by atoms with Crippen molar-refractivity contribution >= 4 is 42.1 Å². The number of hydrogen-bond acceptors (Lipinski definition) is 11. The molecule has 3 aliphatic heterocycles. The van der Waals surface area contributed by atoms with Crippen LogP contribution in [-0.2, 0) is 38.2 Å². The van der Waals surface area contributed by atoms with Crippen molar-refractivity contribution in [2.75, 3.05) is 39.4 Å². The Labute approximate surface area is 401 Å². The quantitative estimate of drug-likeness (QED) is 0.101. The molecule has 3 heterocycles. The van der Waals surface area contributed by atoms with Crippen LogP contribution in [0.15, 0.2) is 97.1 Å². The van der Waals surface area contributed by atoms with E-state index in [1.165, 1.54) is 32.1 Å². The van der Waals surface area contributed by atoms with Gasteiger partial charge < -0.3 is 34.2 Å². The van der Waals surface area contributed by atoms with Crippen LogP contribution < -0.4 is 0 Å². The summed E-state index contributed by atoms with van der Waals surface area (Å²) in [5, 5.41) is 18.9. The average Bonchev–Trinajstić information content (AvgIpc) is 3.94. The molecule has 9 rings (SSSR count). The summed E-state index contributed by atoms with van der Waals surface area (Å²) in [4.78, 5) is 89.4. The highest BCUT2D eigenvalue weighted by Gasteiger charge is 2.38. The van der Waals surface area contributed by atoms with Crippen LogP contribution in [0.2, 0.25) is 0 Å². The second-order valence-corrected chi connectivity index (χ2v) is 19.1. The van der Waals surface area contributed by atoms with Gasteiger partial charge in [0.25, 0.3) is 11.8 Å². The minimum Gasteiger partial charge on any atom is -0.481 e. The highest BCUT2D eigenvalue weighted by Crippen LogP contribution is 2.46. The maximum atomic E-state index is 12.6. The van der Waals surface area contributed by atoms with Gasteiger partial charge in [-0.2, -0.15) is 0 Å². The molecule has 0 spiro atoms. The zero-order valence-corrected chi connectivity index (χ0v) is 39.5. The largest absolute Gasteiger partial charge is 0.533 e. The Morgan fingerprint density at radius 1 is 0.565 bits per heavy atom. The molecular formula is C53H59N3O13. The van der Waals surface area contributed by atoms with Gasteiger partial charge in [-0.05, 0) is 90.0 Å². The molecule has 3 saturated heterocycles. The van der Waals surface area contributed by atoms with E-state index in [0.717, 1.165) is 22.3 Å². The van der Waals surface area contributed by atoms with Gasteiger partial charge in [0, 0.05) is 50.9 Å². The number of amides is 4. The number of rotatable bonds is 7. The van der Waals surface area contributed by atoms with Crippen molar-refractivity contribution in [2.24, 2.45) is 23.7 Å². The second kappa shape index (κ2) is 21.4. The molecule has 0 radical (unpaired) electrons. The Balaban J connectivity index is 0.000000157. The number of imide groups is 1. The van der Waals surface area contributed by atoms with Crippen molar-refractivity contribution in [3.05, 3.63) is 119 Å². The van der Waals surface area contributed by atoms with Gasteiger partial charge >= 0.3 is 30.3 Å². The maximum Gasteiger partial charge on any atom is 0.533 e. The van der Waals surface area contributed by atoms with Gasteiger partial charge in [0.15, 0.2) is 0 Å². The van der Waals surface area contributed by atoms with Crippen molar-refractivity contribution in [3.8, 4) is 22.3 Å². The molecule has 16 heteroatoms. The van der Waals surface area contributed by atoms with Crippen LogP contribution in [-0.4, -0.2) is 112 Å². The number of fused-ring (bicyclic) bond motifs is 6. The first-order chi connectivity index (χ1) is 32.9. The fraction of sp³-hybridized carbons (Fsp3) is 0.415. The molecule has 0 saturated carbocycles. The molecule has 4 aromatic carbocycles. The number of nitrogens with zero attached hydrogens (tertiary/aromatic N) is 3. The van der Waals surface area contributed by atoms with Crippen molar-refractivity contribution in [1.82, 2.24) is 14.9 Å². The molecular weight excluding hydrogens is 887 g/mol. The topological polar surface area (TPSA) is 207 Å². The van der Waals surface area contributed by atoms with E-state index in [2.05, 4.69) is 24.3 Å². The van der Waals surface area contributed by atoms with Crippen molar-refractivity contribution in [2.45, 2.75) is 77.7 Å². The van der Waals surface area contributed by atoms with Gasteiger partial charge in [0.05, 0.1) is 11.8 Å². The minimum atomic E-state index is -1.05. The first-order valence-electron chi connectivity index (χ1n) is 23.3. The third-order valence-corrected chi connectivity index (χ3v) is 13.3. The zero-order chi connectivity index (χ0) is 49.6. The fourth-order valence-corrected chi connectivity index (χ4v) is 9.47. The Bertz CT molecular complexity index is 2480. The number of carboxylic acids is 2. The number of aliphatic carboxylic acids is 2. The molecule has 16 nitrogen and oxygen atoms in total. The van der Waals surface area contributed by atoms with E-state index in [4.69, 9.17) is 24.2 Å². The van der Waals surface area contributed by atoms with Crippen LogP contribution in [0.4, 0.5) is 14.4 Å². The Morgan fingerprint density at radius 2 is 0.928 bits per heavy atom. The Kier molecular flexibility index (Phi) is 15.4. The van der Waals surface area contributed by atoms with Gasteiger partial charge in [0.2, 0.25) is 0 Å². The minimum absolute atomic E-state index is 0.0142. The van der Waals surface area contributed by atoms with E-state index in [1.54, 1.807) is 20.8 Å². The standard InChI is InChI=1S/C22H23NO4.C19H15NO5.C12H21NO4/c1-14-10-11-23(12-19(14)21(24)25)22(26)27-13-20-17-8-4-2-6-15(17)16-7-3-5-9-18(16)20;21-17-9-10-18(22)20(17)25-19(23)24-11-16-14-7-3-1-5-12(14)13-6-2-4-8-15(13)16;1-8-5-6-13(7-9(8)10(14)15)11(16)17-12(2,3)4/h2-9,14,19-20H,10-13H2,1H3,(H,24,25);1-8,16H,9-11H2;8-9H,5-7H2,1-4H3,(H,14,15). The Hall–Kier alpha value is -7.23. The summed E-state index contributed by atoms with van der Waals surface area (Å²) in [7, 11) is 0. The van der Waals surface area contributed by atoms with E-state index in [1.807, 2.05) is 86.6 Å². The summed E-state index contributed by atoms with van der Waals surface area (Å²) in [5.74, 6) is -3.69. The number of ether oxygens (including phenoxy) is 3. The third-order valence-electron chi connectivity index (χ3n) is 13.3. The van der Waals surface area contributed by atoms with Crippen molar-refractivity contribution in [3.63, 3.8) is 0 Å². The molecule has 4 amide bonds. The monoisotopic (exact) mass is 945 g/mol. The molecule has 2 aliphatic carbocycles. The molecule has 4 aromatic rings. The van der Waals surface area contributed by atoms with E-state index < -0.39 is 59.5 Å². The van der Waals surface area contributed by atoms with Crippen LogP contribution in [0.1, 0.15) is 94.4 Å². The van der Waals surface area contributed by atoms with Gasteiger partial charge in [0.1, 0.15) is 18.8 Å². The number of carboxylic acid groups (broad SMARTS) is 2. The van der Waals surface area contributed by atoms with Gasteiger partial charge in [-0.25, -0.2) is 14.4 Å². The molecule has 2 N–H and O–H groups in total. The first-order valence-corrected chi connectivity index (χ1v) is 23.3. The van der Waals surface area contributed by atoms with E-state index in [-0.39, 0.29) is 62.8 Å². The van der Waals surface area contributed by atoms with E-state index >= 15 is 0 Å². The van der Waals surface area contributed by atoms with Gasteiger partial charge in [-0.15, -0.1) is 0 Å². The SMILES string of the molecule is CC1CCN(C(=O)OC(C)(C)C)CC1C(=O)O.CC1CCN(C(=O)OCC2c3ccccc3-c3ccccc32)CC1C(=O)O.O=C(OCC1c2ccccc2-c2ccccc21)ON1C(=O)CCC1=O. The fourth-order valence-electron chi connectivity index (χ4n) is 9.47. The molecule has 3 fully saturated rings. The first kappa shape index (κ1) is 49.7. The second-order valence-electron chi connectivity index (χ2n) is 19.1. The summed E-state index contributed by atoms with van der Waals surface area (Å²) in [6.07, 6.45) is -0.404. The van der Waals surface area contributed by atoms with Crippen LogP contribution in [0.3, 0.4) is 0 Å². The zero-order valence-electron chi connectivity index (χ0n) is 39.5. The number of carbonyl (C=O) groups excluding carboxylic acids is 5. The number of hydroxylamine groups is 2. The smallest absolute Gasteiger partial charge is 0.481 e. The van der Waals surface area contributed by atoms with Crippen LogP contribution in [0.5, 0.6) is 0 Å². The number of carbonyl (C=O) groups is 7. The third kappa shape index (κ3) is 11.6. The molecule has 0 bridgehead atoms. The molecule has 69 heavy (non-hydrogen) atoms. The molecule has 4 unspecified atom stereocenters. The number of piperidine rings is 2. The number of likely N-dealkylation sites (tertiary alicyclic amines) is 2. The molecule has 4 atom stereocenters. The lowest BCUT2D eigenvalue weighted by atomic mass is 9.87. The van der Waals surface area contributed by atoms with Crippen LogP contribution in [0.25, 0.3) is 22.3 Å². The molecule has 0 aromatic heterocycles. The lowest BCUT2D eigenvalue weighted by Crippen LogP contribution is -2.47. The number of benzene rings is 4. The normalized spacial score (nSPS) is 20.4. The van der Waals surface area contributed by atoms with E-state index in [9.17, 15) is 38.7 Å². The molecule has 5 aliphatic rings. The van der Waals surface area contributed by atoms with Crippen molar-refractivity contribution in [1.29, 1.82) is 0 Å². The van der Waals surface area contributed by atoms with Gasteiger partial charge in [-0.1, -0.05) is 116 Å². The number of hydrogen-bond donors (Lipinski definition) is 2. The maximum absolute atomic E-state index is 12.6. The van der Waals surface area contributed by atoms with Crippen LogP contribution >= 0.6 is 0 Å².